The summed E-state index contributed by atoms with van der Waals surface area (Å²) in [7, 11) is 0. The summed E-state index contributed by atoms with van der Waals surface area (Å²) in [5, 5.41) is 12.4. The standard InChI is InChI=1S/C15H21NO4/c1-14(2,3)20-13(19)16-9-15(4,10-17)11-7-5-6-8-12(11)18/h5-8,10,18H,9H2,1-4H3,(H,16,19). The molecule has 0 aliphatic heterocycles. The van der Waals surface area contributed by atoms with E-state index in [0.717, 1.165) is 0 Å². The van der Waals surface area contributed by atoms with Crippen LogP contribution in [0.15, 0.2) is 24.3 Å². The number of hydrogen-bond acceptors (Lipinski definition) is 4. The molecule has 110 valence electrons. The quantitative estimate of drug-likeness (QED) is 0.830. The van der Waals surface area contributed by atoms with Gasteiger partial charge in [-0.05, 0) is 33.8 Å². The van der Waals surface area contributed by atoms with Gasteiger partial charge >= 0.3 is 6.09 Å². The molecule has 0 aliphatic carbocycles. The summed E-state index contributed by atoms with van der Waals surface area (Å²) in [6.45, 7) is 6.97. The number of hydrogen-bond donors (Lipinski definition) is 2. The van der Waals surface area contributed by atoms with Crippen molar-refractivity contribution in [3.8, 4) is 5.75 Å². The Balaban J connectivity index is 2.79. The number of phenolic OH excluding ortho intramolecular Hbond substituents is 1. The van der Waals surface area contributed by atoms with Crippen LogP contribution in [0.25, 0.3) is 0 Å². The number of benzene rings is 1. The van der Waals surface area contributed by atoms with Gasteiger partial charge in [0.15, 0.2) is 0 Å². The monoisotopic (exact) mass is 279 g/mol. The molecule has 1 rings (SSSR count). The number of carbonyl (C=O) groups excluding carboxylic acids is 2. The first-order chi connectivity index (χ1) is 9.18. The lowest BCUT2D eigenvalue weighted by Crippen LogP contribution is -2.42. The van der Waals surface area contributed by atoms with Crippen molar-refractivity contribution >= 4 is 12.4 Å². The molecule has 0 aliphatic rings. The summed E-state index contributed by atoms with van der Waals surface area (Å²) in [4.78, 5) is 23.0. The van der Waals surface area contributed by atoms with Crippen molar-refractivity contribution in [2.75, 3.05) is 6.54 Å². The second-order valence-corrected chi connectivity index (χ2v) is 5.91. The lowest BCUT2D eigenvalue weighted by Gasteiger charge is -2.26. The summed E-state index contributed by atoms with van der Waals surface area (Å²) in [5.74, 6) is 0.0214. The molecule has 1 aromatic carbocycles. The number of amides is 1. The fraction of sp³-hybridized carbons (Fsp3) is 0.467. The zero-order chi connectivity index (χ0) is 15.4. The Morgan fingerprint density at radius 3 is 2.40 bits per heavy atom. The molecule has 5 heteroatoms. The highest BCUT2D eigenvalue weighted by atomic mass is 16.6. The first-order valence-corrected chi connectivity index (χ1v) is 6.39. The molecule has 1 amide bonds. The van der Waals surface area contributed by atoms with Crippen LogP contribution >= 0.6 is 0 Å². The third-order valence-corrected chi connectivity index (χ3v) is 2.78. The van der Waals surface area contributed by atoms with E-state index < -0.39 is 17.1 Å². The first-order valence-electron chi connectivity index (χ1n) is 6.39. The molecule has 0 fully saturated rings. The molecule has 0 aromatic heterocycles. The van der Waals surface area contributed by atoms with Crippen molar-refractivity contribution < 1.29 is 19.4 Å². The SMILES string of the molecule is CC(C)(C)OC(=O)NCC(C)(C=O)c1ccccc1O. The van der Waals surface area contributed by atoms with Crippen LogP contribution in [0, 0.1) is 0 Å². The van der Waals surface area contributed by atoms with Gasteiger partial charge in [0, 0.05) is 12.1 Å². The number of alkyl carbamates (subject to hydrolysis) is 1. The minimum atomic E-state index is -1.01. The van der Waals surface area contributed by atoms with E-state index in [-0.39, 0.29) is 12.3 Å². The van der Waals surface area contributed by atoms with Crippen molar-refractivity contribution in [1.82, 2.24) is 5.32 Å². The second kappa shape index (κ2) is 5.94. The van der Waals surface area contributed by atoms with Crippen molar-refractivity contribution in [1.29, 1.82) is 0 Å². The highest BCUT2D eigenvalue weighted by Gasteiger charge is 2.30. The smallest absolute Gasteiger partial charge is 0.407 e. The van der Waals surface area contributed by atoms with Crippen molar-refractivity contribution in [2.24, 2.45) is 0 Å². The van der Waals surface area contributed by atoms with E-state index in [1.165, 1.54) is 6.07 Å². The largest absolute Gasteiger partial charge is 0.508 e. The first kappa shape index (κ1) is 16.0. The Hall–Kier alpha value is -2.04. The highest BCUT2D eigenvalue weighted by Crippen LogP contribution is 2.28. The molecule has 0 radical (unpaired) electrons. The van der Waals surface area contributed by atoms with Gasteiger partial charge in [0.2, 0.25) is 0 Å². The fourth-order valence-corrected chi connectivity index (χ4v) is 1.73. The maximum Gasteiger partial charge on any atom is 0.407 e. The van der Waals surface area contributed by atoms with Crippen LogP contribution in [-0.2, 0) is 14.9 Å². The van der Waals surface area contributed by atoms with Gasteiger partial charge in [-0.2, -0.15) is 0 Å². The van der Waals surface area contributed by atoms with Crippen molar-refractivity contribution in [3.63, 3.8) is 0 Å². The number of aldehydes is 1. The second-order valence-electron chi connectivity index (χ2n) is 5.91. The number of nitrogens with one attached hydrogen (secondary N) is 1. The summed E-state index contributed by atoms with van der Waals surface area (Å²) in [6.07, 6.45) is 0.111. The lowest BCUT2D eigenvalue weighted by atomic mass is 9.83. The maximum absolute atomic E-state index is 11.6. The molecule has 0 spiro atoms. The third-order valence-electron chi connectivity index (χ3n) is 2.78. The number of rotatable bonds is 4. The fourth-order valence-electron chi connectivity index (χ4n) is 1.73. The van der Waals surface area contributed by atoms with Gasteiger partial charge in [0.1, 0.15) is 17.6 Å². The predicted octanol–water partition coefficient (Wildman–Crippen LogP) is 2.37. The molecule has 5 nitrogen and oxygen atoms in total. The van der Waals surface area contributed by atoms with E-state index in [2.05, 4.69) is 5.32 Å². The zero-order valence-electron chi connectivity index (χ0n) is 12.3. The molecule has 1 unspecified atom stereocenters. The molecule has 0 saturated carbocycles. The third kappa shape index (κ3) is 4.26. The predicted molar refractivity (Wildman–Crippen MR) is 75.8 cm³/mol. The lowest BCUT2D eigenvalue weighted by molar-refractivity contribution is -0.112. The average molecular weight is 279 g/mol. The molecule has 1 aromatic rings. The van der Waals surface area contributed by atoms with Crippen LogP contribution in [0.5, 0.6) is 5.75 Å². The molecular weight excluding hydrogens is 258 g/mol. The van der Waals surface area contributed by atoms with Crippen LogP contribution < -0.4 is 5.32 Å². The number of ether oxygens (including phenoxy) is 1. The minimum absolute atomic E-state index is 0.0214. The zero-order valence-corrected chi connectivity index (χ0v) is 12.3. The molecule has 0 bridgehead atoms. The minimum Gasteiger partial charge on any atom is -0.508 e. The van der Waals surface area contributed by atoms with E-state index in [1.807, 2.05) is 0 Å². The number of phenols is 1. The van der Waals surface area contributed by atoms with Crippen LogP contribution in [0.2, 0.25) is 0 Å². The Kier molecular flexibility index (Phi) is 4.76. The summed E-state index contributed by atoms with van der Waals surface area (Å²) >= 11 is 0. The number of carbonyl (C=O) groups is 2. The summed E-state index contributed by atoms with van der Waals surface area (Å²) in [6, 6.07) is 6.56. The van der Waals surface area contributed by atoms with Gasteiger partial charge in [-0.3, -0.25) is 0 Å². The Labute approximate surface area is 118 Å². The Bertz CT molecular complexity index is 493. The van der Waals surface area contributed by atoms with Gasteiger partial charge in [0.05, 0.1) is 5.41 Å². The van der Waals surface area contributed by atoms with E-state index in [4.69, 9.17) is 4.74 Å². The van der Waals surface area contributed by atoms with Crippen molar-refractivity contribution in [3.05, 3.63) is 29.8 Å². The van der Waals surface area contributed by atoms with Crippen LogP contribution in [0.1, 0.15) is 33.3 Å². The molecule has 1 atom stereocenters. The topological polar surface area (TPSA) is 75.6 Å². The van der Waals surface area contributed by atoms with E-state index >= 15 is 0 Å². The molecule has 0 heterocycles. The summed E-state index contributed by atoms with van der Waals surface area (Å²) < 4.78 is 5.12. The van der Waals surface area contributed by atoms with Gasteiger partial charge < -0.3 is 20.0 Å². The van der Waals surface area contributed by atoms with Crippen LogP contribution in [0.4, 0.5) is 4.79 Å². The Morgan fingerprint density at radius 1 is 1.30 bits per heavy atom. The molecular formula is C15H21NO4. The van der Waals surface area contributed by atoms with Crippen LogP contribution in [0.3, 0.4) is 0 Å². The number of aromatic hydroxyl groups is 1. The average Bonchev–Trinajstić information content (AvgIpc) is 2.34. The molecule has 0 saturated heterocycles. The van der Waals surface area contributed by atoms with E-state index in [0.29, 0.717) is 11.8 Å². The van der Waals surface area contributed by atoms with E-state index in [9.17, 15) is 14.7 Å². The maximum atomic E-state index is 11.6. The van der Waals surface area contributed by atoms with Gasteiger partial charge in [-0.25, -0.2) is 4.79 Å². The summed E-state index contributed by atoms with van der Waals surface area (Å²) in [5.41, 5.74) is -1.15. The molecule has 20 heavy (non-hydrogen) atoms. The van der Waals surface area contributed by atoms with Gasteiger partial charge in [-0.1, -0.05) is 18.2 Å². The van der Waals surface area contributed by atoms with Crippen molar-refractivity contribution in [2.45, 2.75) is 38.7 Å². The Morgan fingerprint density at radius 2 is 1.90 bits per heavy atom. The molecule has 2 N–H and O–H groups in total. The van der Waals surface area contributed by atoms with Gasteiger partial charge in [0.25, 0.3) is 0 Å². The van der Waals surface area contributed by atoms with Crippen LogP contribution in [-0.4, -0.2) is 29.6 Å². The number of para-hydroxylation sites is 1. The normalized spacial score (nSPS) is 14.2. The van der Waals surface area contributed by atoms with Gasteiger partial charge in [-0.15, -0.1) is 0 Å². The highest BCUT2D eigenvalue weighted by molar-refractivity contribution is 5.73. The van der Waals surface area contributed by atoms with E-state index in [1.54, 1.807) is 45.9 Å².